The normalized spacial score (nSPS) is 16.9. The maximum Gasteiger partial charge on any atom is 0.240 e. The molecule has 90 valence electrons. The van der Waals surface area contributed by atoms with E-state index in [2.05, 4.69) is 24.4 Å². The van der Waals surface area contributed by atoms with Crippen LogP contribution in [0.1, 0.15) is 35.9 Å². The van der Waals surface area contributed by atoms with Gasteiger partial charge in [0.05, 0.1) is 12.6 Å². The average Bonchev–Trinajstić information content (AvgIpc) is 2.73. The zero-order chi connectivity index (χ0) is 12.3. The van der Waals surface area contributed by atoms with E-state index in [1.54, 1.807) is 11.3 Å². The van der Waals surface area contributed by atoms with Crippen molar-refractivity contribution < 1.29 is 4.79 Å². The molecule has 0 aromatic carbocycles. The SMILES string of the molecule is CCc1ccc(CNC(=O)C2(C#N)CCC2)s1. The maximum atomic E-state index is 11.9. The number of nitriles is 1. The molecule has 0 radical (unpaired) electrons. The number of hydrogen-bond donors (Lipinski definition) is 1. The van der Waals surface area contributed by atoms with Crippen molar-refractivity contribution >= 4 is 17.2 Å². The molecule has 1 amide bonds. The highest BCUT2D eigenvalue weighted by Crippen LogP contribution is 2.40. The third-order valence-electron chi connectivity index (χ3n) is 3.34. The summed E-state index contributed by atoms with van der Waals surface area (Å²) in [5.41, 5.74) is -0.731. The third kappa shape index (κ3) is 2.34. The first-order valence-corrected chi connectivity index (χ1v) is 6.79. The number of carbonyl (C=O) groups is 1. The molecule has 1 aromatic heterocycles. The Morgan fingerprint density at radius 2 is 2.24 bits per heavy atom. The molecule has 1 aromatic rings. The summed E-state index contributed by atoms with van der Waals surface area (Å²) in [6.45, 7) is 2.67. The number of aryl methyl sites for hydroxylation is 1. The smallest absolute Gasteiger partial charge is 0.240 e. The van der Waals surface area contributed by atoms with Gasteiger partial charge in [-0.2, -0.15) is 5.26 Å². The zero-order valence-corrected chi connectivity index (χ0v) is 10.8. The van der Waals surface area contributed by atoms with E-state index < -0.39 is 5.41 Å². The fourth-order valence-corrected chi connectivity index (χ4v) is 2.86. The van der Waals surface area contributed by atoms with Crippen LogP contribution < -0.4 is 5.32 Å². The number of thiophene rings is 1. The van der Waals surface area contributed by atoms with E-state index in [1.807, 2.05) is 6.07 Å². The van der Waals surface area contributed by atoms with Gasteiger partial charge in [0, 0.05) is 9.75 Å². The van der Waals surface area contributed by atoms with Crippen molar-refractivity contribution in [2.45, 2.75) is 39.2 Å². The number of carbonyl (C=O) groups excluding carboxylic acids is 1. The van der Waals surface area contributed by atoms with Crippen molar-refractivity contribution in [1.82, 2.24) is 5.32 Å². The molecule has 0 atom stereocenters. The highest BCUT2D eigenvalue weighted by Gasteiger charge is 2.44. The summed E-state index contributed by atoms with van der Waals surface area (Å²) in [6.07, 6.45) is 3.43. The average molecular weight is 248 g/mol. The Kier molecular flexibility index (Phi) is 3.49. The maximum absolute atomic E-state index is 11.9. The van der Waals surface area contributed by atoms with E-state index in [0.717, 1.165) is 17.7 Å². The molecular formula is C13H16N2OS. The summed E-state index contributed by atoms with van der Waals surface area (Å²) in [7, 11) is 0. The number of rotatable bonds is 4. The minimum Gasteiger partial charge on any atom is -0.350 e. The molecule has 1 saturated carbocycles. The van der Waals surface area contributed by atoms with Crippen LogP contribution in [0.4, 0.5) is 0 Å². The molecule has 0 aliphatic heterocycles. The Morgan fingerprint density at radius 3 is 2.71 bits per heavy atom. The fourth-order valence-electron chi connectivity index (χ4n) is 1.96. The second-order valence-electron chi connectivity index (χ2n) is 4.45. The van der Waals surface area contributed by atoms with Crippen molar-refractivity contribution in [1.29, 1.82) is 5.26 Å². The fraction of sp³-hybridized carbons (Fsp3) is 0.538. The molecule has 0 unspecified atom stereocenters. The lowest BCUT2D eigenvalue weighted by molar-refractivity contribution is -0.131. The van der Waals surface area contributed by atoms with Crippen LogP contribution in [0.15, 0.2) is 12.1 Å². The van der Waals surface area contributed by atoms with Crippen LogP contribution in [0, 0.1) is 16.7 Å². The molecule has 17 heavy (non-hydrogen) atoms. The summed E-state index contributed by atoms with van der Waals surface area (Å²) in [6, 6.07) is 6.30. The molecule has 1 fully saturated rings. The molecule has 0 spiro atoms. The van der Waals surface area contributed by atoms with Gasteiger partial charge in [-0.3, -0.25) is 4.79 Å². The molecule has 1 N–H and O–H groups in total. The summed E-state index contributed by atoms with van der Waals surface area (Å²) in [4.78, 5) is 14.4. The second-order valence-corrected chi connectivity index (χ2v) is 5.70. The number of nitrogens with one attached hydrogen (secondary N) is 1. The topological polar surface area (TPSA) is 52.9 Å². The molecular weight excluding hydrogens is 232 g/mol. The number of hydrogen-bond acceptors (Lipinski definition) is 3. The van der Waals surface area contributed by atoms with E-state index in [9.17, 15) is 4.79 Å². The Balaban J connectivity index is 1.90. The first-order chi connectivity index (χ1) is 8.20. The Labute approximate surface area is 105 Å². The van der Waals surface area contributed by atoms with Gasteiger partial charge in [-0.25, -0.2) is 0 Å². The van der Waals surface area contributed by atoms with Gasteiger partial charge in [0.1, 0.15) is 5.41 Å². The lowest BCUT2D eigenvalue weighted by Gasteiger charge is -2.33. The van der Waals surface area contributed by atoms with Gasteiger partial charge in [-0.15, -0.1) is 11.3 Å². The molecule has 1 aliphatic carbocycles. The van der Waals surface area contributed by atoms with E-state index >= 15 is 0 Å². The quantitative estimate of drug-likeness (QED) is 0.890. The molecule has 4 heteroatoms. The predicted molar refractivity (Wildman–Crippen MR) is 67.4 cm³/mol. The number of nitrogens with zero attached hydrogens (tertiary/aromatic N) is 1. The van der Waals surface area contributed by atoms with Gasteiger partial charge in [0.25, 0.3) is 0 Å². The Morgan fingerprint density at radius 1 is 1.53 bits per heavy atom. The molecule has 1 heterocycles. The van der Waals surface area contributed by atoms with Gasteiger partial charge in [0.2, 0.25) is 5.91 Å². The summed E-state index contributed by atoms with van der Waals surface area (Å²) in [5, 5.41) is 11.9. The van der Waals surface area contributed by atoms with Crippen molar-refractivity contribution in [3.8, 4) is 6.07 Å². The molecule has 3 nitrogen and oxygen atoms in total. The zero-order valence-electron chi connectivity index (χ0n) is 9.95. The highest BCUT2D eigenvalue weighted by molar-refractivity contribution is 7.11. The molecule has 0 bridgehead atoms. The van der Waals surface area contributed by atoms with Crippen LogP contribution in [-0.4, -0.2) is 5.91 Å². The monoisotopic (exact) mass is 248 g/mol. The van der Waals surface area contributed by atoms with Crippen LogP contribution in [0.5, 0.6) is 0 Å². The van der Waals surface area contributed by atoms with E-state index in [1.165, 1.54) is 4.88 Å². The highest BCUT2D eigenvalue weighted by atomic mass is 32.1. The summed E-state index contributed by atoms with van der Waals surface area (Å²) < 4.78 is 0. The van der Waals surface area contributed by atoms with Crippen molar-refractivity contribution in [2.75, 3.05) is 0 Å². The largest absolute Gasteiger partial charge is 0.350 e. The minimum absolute atomic E-state index is 0.0994. The van der Waals surface area contributed by atoms with E-state index in [0.29, 0.717) is 19.4 Å². The Bertz CT molecular complexity index is 454. The van der Waals surface area contributed by atoms with Crippen molar-refractivity contribution in [2.24, 2.45) is 5.41 Å². The third-order valence-corrected chi connectivity index (χ3v) is 4.57. The second kappa shape index (κ2) is 4.89. The molecule has 2 rings (SSSR count). The summed E-state index contributed by atoms with van der Waals surface area (Å²) >= 11 is 1.72. The van der Waals surface area contributed by atoms with Crippen molar-refractivity contribution in [3.05, 3.63) is 21.9 Å². The van der Waals surface area contributed by atoms with Crippen LogP contribution in [0.25, 0.3) is 0 Å². The molecule has 0 saturated heterocycles. The Hall–Kier alpha value is -1.34. The standard InChI is InChI=1S/C13H16N2OS/c1-2-10-4-5-11(17-10)8-15-12(16)13(9-14)6-3-7-13/h4-5H,2-3,6-8H2,1H3,(H,15,16). The first kappa shape index (κ1) is 12.1. The van der Waals surface area contributed by atoms with Crippen LogP contribution in [0.3, 0.4) is 0 Å². The molecule has 1 aliphatic rings. The predicted octanol–water partition coefficient (Wildman–Crippen LogP) is 2.62. The van der Waals surface area contributed by atoms with Crippen LogP contribution in [-0.2, 0) is 17.8 Å². The van der Waals surface area contributed by atoms with Crippen LogP contribution in [0.2, 0.25) is 0 Å². The van der Waals surface area contributed by atoms with Crippen molar-refractivity contribution in [3.63, 3.8) is 0 Å². The van der Waals surface area contributed by atoms with Gasteiger partial charge in [-0.1, -0.05) is 6.92 Å². The first-order valence-electron chi connectivity index (χ1n) is 5.97. The van der Waals surface area contributed by atoms with E-state index in [-0.39, 0.29) is 5.91 Å². The van der Waals surface area contributed by atoms with Gasteiger partial charge < -0.3 is 5.32 Å². The van der Waals surface area contributed by atoms with Gasteiger partial charge >= 0.3 is 0 Å². The number of amides is 1. The summed E-state index contributed by atoms with van der Waals surface area (Å²) in [5.74, 6) is -0.0994. The lowest BCUT2D eigenvalue weighted by Crippen LogP contribution is -2.44. The van der Waals surface area contributed by atoms with E-state index in [4.69, 9.17) is 5.26 Å². The van der Waals surface area contributed by atoms with Gasteiger partial charge in [-0.05, 0) is 37.8 Å². The minimum atomic E-state index is -0.731. The lowest BCUT2D eigenvalue weighted by atomic mass is 9.69. The van der Waals surface area contributed by atoms with Crippen LogP contribution >= 0.6 is 11.3 Å². The van der Waals surface area contributed by atoms with Gasteiger partial charge in [0.15, 0.2) is 0 Å².